The van der Waals surface area contributed by atoms with Gasteiger partial charge >= 0.3 is 17.8 Å². The summed E-state index contributed by atoms with van der Waals surface area (Å²) >= 11 is 0. The predicted molar refractivity (Wildman–Crippen MR) is 127 cm³/mol. The van der Waals surface area contributed by atoms with Crippen LogP contribution in [0.25, 0.3) is 11.1 Å². The van der Waals surface area contributed by atoms with Crippen molar-refractivity contribution in [3.05, 3.63) is 54.6 Å². The normalized spacial score (nSPS) is 21.9. The van der Waals surface area contributed by atoms with Gasteiger partial charge in [0, 0.05) is 20.2 Å². The Balaban J connectivity index is 1.39. The number of nitrogens with zero attached hydrogens (tertiary/aromatic N) is 1. The number of carbonyl (C=O) groups is 2. The van der Waals surface area contributed by atoms with E-state index in [1.54, 1.807) is 7.11 Å². The van der Waals surface area contributed by atoms with Crippen LogP contribution >= 0.6 is 0 Å². The fraction of sp³-hybridized carbons (Fsp3) is 0.481. The average molecular weight is 468 g/mol. The van der Waals surface area contributed by atoms with E-state index >= 15 is 0 Å². The molecule has 2 aromatic rings. The second kappa shape index (κ2) is 11.0. The summed E-state index contributed by atoms with van der Waals surface area (Å²) in [5.41, 5.74) is 2.29. The van der Waals surface area contributed by atoms with Crippen molar-refractivity contribution < 1.29 is 28.5 Å². The Bertz CT molecular complexity index is 945. The summed E-state index contributed by atoms with van der Waals surface area (Å²) in [6.45, 7) is 3.93. The van der Waals surface area contributed by atoms with Gasteiger partial charge in [-0.2, -0.15) is 0 Å². The zero-order valence-electron chi connectivity index (χ0n) is 19.9. The summed E-state index contributed by atoms with van der Waals surface area (Å²) in [6.07, 6.45) is 3.97. The molecule has 4 rings (SSSR count). The fourth-order valence-electron chi connectivity index (χ4n) is 4.88. The maximum Gasteiger partial charge on any atom is 0.422 e. The largest absolute Gasteiger partial charge is 0.494 e. The van der Waals surface area contributed by atoms with Crippen LogP contribution in [0.5, 0.6) is 5.75 Å². The third-order valence-corrected chi connectivity index (χ3v) is 6.65. The van der Waals surface area contributed by atoms with Gasteiger partial charge in [-0.3, -0.25) is 0 Å². The summed E-state index contributed by atoms with van der Waals surface area (Å²) in [5, 5.41) is 0. The standard InChI is InChI=1S/C27H33NO6/c1-3-4-8-17-28-18-15-22(24(31-2)27(28)33-25(29)26(30)34-27)16-19-32-23-13-11-21(12-14-23)20-9-6-5-7-10-20/h5-7,9-14,22,24H,3-4,8,15-19H2,1-2H3. The highest BCUT2D eigenvalue weighted by Crippen LogP contribution is 2.41. The molecule has 0 aromatic heterocycles. The SMILES string of the molecule is CCCCCN1CCC(CCOc2ccc(-c3ccccc3)cc2)C(OC)C12OC(=O)C(=O)O2. The highest BCUT2D eigenvalue weighted by molar-refractivity contribution is 6.31. The van der Waals surface area contributed by atoms with Crippen LogP contribution in [-0.4, -0.2) is 55.7 Å². The van der Waals surface area contributed by atoms with Gasteiger partial charge in [-0.1, -0.05) is 62.2 Å². The monoisotopic (exact) mass is 467 g/mol. The van der Waals surface area contributed by atoms with Crippen LogP contribution in [0, 0.1) is 5.92 Å². The number of hydrogen-bond acceptors (Lipinski definition) is 7. The maximum absolute atomic E-state index is 12.0. The third kappa shape index (κ3) is 5.10. The number of piperidine rings is 1. The molecule has 2 unspecified atom stereocenters. The van der Waals surface area contributed by atoms with Crippen molar-refractivity contribution in [2.75, 3.05) is 26.8 Å². The molecule has 182 valence electrons. The molecule has 2 aromatic carbocycles. The molecule has 0 saturated carbocycles. The van der Waals surface area contributed by atoms with Gasteiger partial charge in [0.05, 0.1) is 6.61 Å². The van der Waals surface area contributed by atoms with Gasteiger partial charge in [0.1, 0.15) is 5.75 Å². The van der Waals surface area contributed by atoms with Crippen LogP contribution < -0.4 is 4.74 Å². The van der Waals surface area contributed by atoms with Crippen LogP contribution in [0.1, 0.15) is 39.0 Å². The lowest BCUT2D eigenvalue weighted by Gasteiger charge is -2.48. The van der Waals surface area contributed by atoms with E-state index in [4.69, 9.17) is 18.9 Å². The number of benzene rings is 2. The zero-order chi connectivity index (χ0) is 24.0. The van der Waals surface area contributed by atoms with Gasteiger partial charge in [0.15, 0.2) is 6.10 Å². The number of rotatable bonds is 10. The molecular formula is C27H33NO6. The fourth-order valence-corrected chi connectivity index (χ4v) is 4.88. The van der Waals surface area contributed by atoms with Crippen molar-refractivity contribution in [3.8, 4) is 16.9 Å². The van der Waals surface area contributed by atoms with Crippen LogP contribution in [0.4, 0.5) is 0 Å². The molecular weight excluding hydrogens is 434 g/mol. The van der Waals surface area contributed by atoms with Crippen molar-refractivity contribution in [2.24, 2.45) is 5.92 Å². The molecule has 2 heterocycles. The summed E-state index contributed by atoms with van der Waals surface area (Å²) in [5.74, 6) is -2.61. The molecule has 2 atom stereocenters. The Morgan fingerprint density at radius 2 is 1.65 bits per heavy atom. The lowest BCUT2D eigenvalue weighted by atomic mass is 9.87. The van der Waals surface area contributed by atoms with Crippen LogP contribution in [0.3, 0.4) is 0 Å². The van der Waals surface area contributed by atoms with Crippen molar-refractivity contribution in [1.29, 1.82) is 0 Å². The highest BCUT2D eigenvalue weighted by Gasteiger charge is 2.62. The van der Waals surface area contributed by atoms with Crippen LogP contribution in [-0.2, 0) is 23.8 Å². The third-order valence-electron chi connectivity index (χ3n) is 6.65. The van der Waals surface area contributed by atoms with Gasteiger partial charge in [-0.25, -0.2) is 14.5 Å². The van der Waals surface area contributed by atoms with E-state index in [1.165, 1.54) is 0 Å². The molecule has 7 nitrogen and oxygen atoms in total. The van der Waals surface area contributed by atoms with Crippen molar-refractivity contribution in [1.82, 2.24) is 4.90 Å². The molecule has 2 aliphatic rings. The van der Waals surface area contributed by atoms with E-state index in [2.05, 4.69) is 19.1 Å². The lowest BCUT2D eigenvalue weighted by molar-refractivity contribution is -0.322. The first kappa shape index (κ1) is 24.2. The summed E-state index contributed by atoms with van der Waals surface area (Å²) in [7, 11) is 1.57. The predicted octanol–water partition coefficient (Wildman–Crippen LogP) is 4.40. The molecule has 34 heavy (non-hydrogen) atoms. The van der Waals surface area contributed by atoms with Gasteiger partial charge in [-0.05, 0) is 48.4 Å². The second-order valence-electron chi connectivity index (χ2n) is 8.84. The minimum absolute atomic E-state index is 0.00900. The molecule has 0 aliphatic carbocycles. The number of ether oxygens (including phenoxy) is 4. The number of hydrogen-bond donors (Lipinski definition) is 0. The quantitative estimate of drug-likeness (QED) is 0.291. The van der Waals surface area contributed by atoms with Gasteiger partial charge in [0.2, 0.25) is 0 Å². The minimum Gasteiger partial charge on any atom is -0.494 e. The first-order valence-corrected chi connectivity index (χ1v) is 12.1. The Morgan fingerprint density at radius 1 is 0.971 bits per heavy atom. The van der Waals surface area contributed by atoms with Crippen LogP contribution in [0.15, 0.2) is 54.6 Å². The zero-order valence-corrected chi connectivity index (χ0v) is 19.9. The summed E-state index contributed by atoms with van der Waals surface area (Å²) in [6, 6.07) is 18.2. The van der Waals surface area contributed by atoms with E-state index in [0.717, 1.165) is 42.6 Å². The van der Waals surface area contributed by atoms with E-state index in [9.17, 15) is 9.59 Å². The lowest BCUT2D eigenvalue weighted by Crippen LogP contribution is -2.65. The average Bonchev–Trinajstić information content (AvgIpc) is 3.15. The Hall–Kier alpha value is -2.90. The molecule has 0 radical (unpaired) electrons. The maximum atomic E-state index is 12.0. The Morgan fingerprint density at radius 3 is 2.29 bits per heavy atom. The number of methoxy groups -OCH3 is 1. The first-order valence-electron chi connectivity index (χ1n) is 12.1. The summed E-state index contributed by atoms with van der Waals surface area (Å²) < 4.78 is 22.9. The second-order valence-corrected chi connectivity index (χ2v) is 8.84. The van der Waals surface area contributed by atoms with Gasteiger partial charge in [-0.15, -0.1) is 0 Å². The van der Waals surface area contributed by atoms with Crippen LogP contribution in [0.2, 0.25) is 0 Å². The van der Waals surface area contributed by atoms with Crippen molar-refractivity contribution in [2.45, 2.75) is 51.0 Å². The van der Waals surface area contributed by atoms with E-state index < -0.39 is 24.0 Å². The highest BCUT2D eigenvalue weighted by atomic mass is 16.8. The molecule has 0 amide bonds. The van der Waals surface area contributed by atoms with E-state index in [0.29, 0.717) is 26.1 Å². The number of unbranched alkanes of at least 4 members (excludes halogenated alkanes) is 2. The Kier molecular flexibility index (Phi) is 7.85. The molecule has 2 saturated heterocycles. The Labute approximate surface area is 200 Å². The van der Waals surface area contributed by atoms with E-state index in [-0.39, 0.29) is 5.92 Å². The molecule has 2 aliphatic heterocycles. The minimum atomic E-state index is -1.49. The van der Waals surface area contributed by atoms with E-state index in [1.807, 2.05) is 47.4 Å². The molecule has 1 spiro atoms. The number of carbonyl (C=O) groups excluding carboxylic acids is 2. The smallest absolute Gasteiger partial charge is 0.422 e. The van der Waals surface area contributed by atoms with Crippen molar-refractivity contribution in [3.63, 3.8) is 0 Å². The van der Waals surface area contributed by atoms with Gasteiger partial charge < -0.3 is 18.9 Å². The molecule has 0 bridgehead atoms. The summed E-state index contributed by atoms with van der Waals surface area (Å²) in [4.78, 5) is 26.0. The first-order chi connectivity index (χ1) is 16.6. The molecule has 0 N–H and O–H groups in total. The topological polar surface area (TPSA) is 74.3 Å². The van der Waals surface area contributed by atoms with Crippen molar-refractivity contribution >= 4 is 11.9 Å². The van der Waals surface area contributed by atoms with Gasteiger partial charge in [0.25, 0.3) is 0 Å². The number of likely N-dealkylation sites (tertiary alicyclic amines) is 1. The number of esters is 2. The molecule has 7 heteroatoms. The molecule has 2 fully saturated rings.